The Morgan fingerprint density at radius 2 is 2.33 bits per heavy atom. The third-order valence-corrected chi connectivity index (χ3v) is 4.10. The summed E-state index contributed by atoms with van der Waals surface area (Å²) in [6, 6.07) is 1.90. The monoisotopic (exact) mass is 354 g/mol. The predicted molar refractivity (Wildman–Crippen MR) is 82.2 cm³/mol. The second kappa shape index (κ2) is 6.27. The van der Waals surface area contributed by atoms with E-state index in [1.54, 1.807) is 0 Å². The van der Waals surface area contributed by atoms with Gasteiger partial charge in [0.25, 0.3) is 0 Å². The van der Waals surface area contributed by atoms with Crippen LogP contribution in [0.15, 0.2) is 10.7 Å². The topological polar surface area (TPSA) is 67.4 Å². The van der Waals surface area contributed by atoms with Gasteiger partial charge in [0, 0.05) is 25.1 Å². The molecule has 7 heteroatoms. The third kappa shape index (κ3) is 3.52. The van der Waals surface area contributed by atoms with E-state index in [-0.39, 0.29) is 11.9 Å². The van der Waals surface area contributed by atoms with Crippen LogP contribution in [0.5, 0.6) is 0 Å². The molecular weight excluding hydrogens is 336 g/mol. The highest BCUT2D eigenvalue weighted by atomic mass is 79.9. The van der Waals surface area contributed by atoms with Gasteiger partial charge in [0.05, 0.1) is 13.2 Å². The van der Waals surface area contributed by atoms with Crippen LogP contribution >= 0.6 is 15.9 Å². The average Bonchev–Trinajstić information content (AvgIpc) is 3.30. The summed E-state index contributed by atoms with van der Waals surface area (Å²) in [6.45, 7) is 3.69. The Balaban J connectivity index is 1.82. The van der Waals surface area contributed by atoms with Crippen LogP contribution in [0.25, 0.3) is 0 Å². The van der Waals surface area contributed by atoms with Gasteiger partial charge < -0.3 is 15.0 Å². The number of aromatic nitrogens is 2. The fourth-order valence-electron chi connectivity index (χ4n) is 2.38. The number of carbonyl (C=O) groups is 1. The number of carbonyl (C=O) groups excluding carboxylic acids is 1. The second-order valence-electron chi connectivity index (χ2n) is 5.39. The lowest BCUT2D eigenvalue weighted by Crippen LogP contribution is -2.54. The third-order valence-electron chi connectivity index (χ3n) is 3.69. The van der Waals surface area contributed by atoms with Crippen LogP contribution in [0, 0.1) is 0 Å². The molecule has 3 rings (SSSR count). The fourth-order valence-corrected chi connectivity index (χ4v) is 2.79. The van der Waals surface area contributed by atoms with E-state index in [0.717, 1.165) is 35.5 Å². The van der Waals surface area contributed by atoms with Crippen molar-refractivity contribution in [3.05, 3.63) is 16.5 Å². The molecule has 2 heterocycles. The number of morpholine rings is 1. The summed E-state index contributed by atoms with van der Waals surface area (Å²) in [5, 5.41) is 3.05. The van der Waals surface area contributed by atoms with E-state index in [1.165, 1.54) is 0 Å². The summed E-state index contributed by atoms with van der Waals surface area (Å²) in [4.78, 5) is 23.3. The van der Waals surface area contributed by atoms with Gasteiger partial charge in [-0.1, -0.05) is 6.92 Å². The summed E-state index contributed by atoms with van der Waals surface area (Å²) < 4.78 is 6.23. The van der Waals surface area contributed by atoms with Crippen LogP contribution in [0.1, 0.15) is 25.6 Å². The zero-order chi connectivity index (χ0) is 14.8. The zero-order valence-electron chi connectivity index (χ0n) is 12.0. The number of ether oxygens (including phenoxy) is 1. The van der Waals surface area contributed by atoms with Gasteiger partial charge in [-0.05, 0) is 28.8 Å². The van der Waals surface area contributed by atoms with Crippen molar-refractivity contribution in [1.29, 1.82) is 0 Å². The van der Waals surface area contributed by atoms with Crippen molar-refractivity contribution in [2.24, 2.45) is 0 Å². The van der Waals surface area contributed by atoms with Gasteiger partial charge in [-0.2, -0.15) is 0 Å². The fraction of sp³-hybridized carbons (Fsp3) is 0.643. The first-order valence-corrected chi connectivity index (χ1v) is 8.15. The van der Waals surface area contributed by atoms with Gasteiger partial charge in [-0.25, -0.2) is 9.97 Å². The Morgan fingerprint density at radius 3 is 3.05 bits per heavy atom. The summed E-state index contributed by atoms with van der Waals surface area (Å²) >= 11 is 3.42. The quantitative estimate of drug-likeness (QED) is 0.825. The van der Waals surface area contributed by atoms with E-state index in [9.17, 15) is 4.79 Å². The van der Waals surface area contributed by atoms with E-state index in [0.29, 0.717) is 25.8 Å². The van der Waals surface area contributed by atoms with Gasteiger partial charge in [-0.3, -0.25) is 4.79 Å². The molecule has 1 aromatic heterocycles. The molecule has 1 amide bonds. The SMILES string of the molecule is CCc1nc(Br)cc(N2CCOCC2C(=O)NC2CC2)n1. The highest BCUT2D eigenvalue weighted by Gasteiger charge is 2.34. The molecule has 0 radical (unpaired) electrons. The van der Waals surface area contributed by atoms with Gasteiger partial charge in [-0.15, -0.1) is 0 Å². The minimum atomic E-state index is -0.314. The molecule has 1 N–H and O–H groups in total. The number of anilines is 1. The highest BCUT2D eigenvalue weighted by Crippen LogP contribution is 2.23. The summed E-state index contributed by atoms with van der Waals surface area (Å²) in [5.41, 5.74) is 0. The number of halogens is 1. The van der Waals surface area contributed by atoms with Gasteiger partial charge in [0.1, 0.15) is 22.3 Å². The lowest BCUT2D eigenvalue weighted by atomic mass is 10.2. The standard InChI is InChI=1S/C14H19BrN4O2/c1-2-12-17-11(15)7-13(18-12)19-5-6-21-8-10(19)14(20)16-9-3-4-9/h7,9-10H,2-6,8H2,1H3,(H,16,20). The van der Waals surface area contributed by atoms with E-state index in [2.05, 4.69) is 31.2 Å². The van der Waals surface area contributed by atoms with Crippen LogP contribution in [-0.2, 0) is 16.0 Å². The summed E-state index contributed by atoms with van der Waals surface area (Å²) in [6.07, 6.45) is 2.92. The Hall–Kier alpha value is -1.21. The smallest absolute Gasteiger partial charge is 0.245 e. The van der Waals surface area contributed by atoms with Crippen molar-refractivity contribution in [2.75, 3.05) is 24.7 Å². The Kier molecular flexibility index (Phi) is 4.40. The van der Waals surface area contributed by atoms with Crippen molar-refractivity contribution in [1.82, 2.24) is 15.3 Å². The Bertz CT molecular complexity index is 536. The number of amides is 1. The molecule has 6 nitrogen and oxygen atoms in total. The van der Waals surface area contributed by atoms with Crippen LogP contribution in [0.2, 0.25) is 0 Å². The van der Waals surface area contributed by atoms with Crippen LogP contribution in [-0.4, -0.2) is 47.7 Å². The molecule has 0 aromatic carbocycles. The molecule has 0 spiro atoms. The maximum absolute atomic E-state index is 12.4. The number of nitrogens with zero attached hydrogens (tertiary/aromatic N) is 3. The molecule has 1 atom stereocenters. The Morgan fingerprint density at radius 1 is 1.52 bits per heavy atom. The van der Waals surface area contributed by atoms with Crippen molar-refractivity contribution in [3.63, 3.8) is 0 Å². The van der Waals surface area contributed by atoms with Crippen molar-refractivity contribution in [2.45, 2.75) is 38.3 Å². The predicted octanol–water partition coefficient (Wildman–Crippen LogP) is 1.29. The number of nitrogens with one attached hydrogen (secondary N) is 1. The lowest BCUT2D eigenvalue weighted by molar-refractivity contribution is -0.124. The lowest BCUT2D eigenvalue weighted by Gasteiger charge is -2.35. The molecular formula is C14H19BrN4O2. The maximum Gasteiger partial charge on any atom is 0.245 e. The van der Waals surface area contributed by atoms with Gasteiger partial charge >= 0.3 is 0 Å². The van der Waals surface area contributed by atoms with Gasteiger partial charge in [0.15, 0.2) is 0 Å². The molecule has 1 saturated heterocycles. The van der Waals surface area contributed by atoms with E-state index in [1.807, 2.05) is 17.9 Å². The molecule has 21 heavy (non-hydrogen) atoms. The minimum absolute atomic E-state index is 0.0324. The molecule has 1 aliphatic heterocycles. The normalized spacial score (nSPS) is 22.2. The molecule has 2 fully saturated rings. The van der Waals surface area contributed by atoms with E-state index < -0.39 is 0 Å². The Labute approximate surface area is 132 Å². The second-order valence-corrected chi connectivity index (χ2v) is 6.20. The average molecular weight is 355 g/mol. The van der Waals surface area contributed by atoms with Crippen LogP contribution in [0.4, 0.5) is 5.82 Å². The first-order chi connectivity index (χ1) is 10.2. The first kappa shape index (κ1) is 14.7. The summed E-state index contributed by atoms with van der Waals surface area (Å²) in [7, 11) is 0. The maximum atomic E-state index is 12.4. The molecule has 1 unspecified atom stereocenters. The minimum Gasteiger partial charge on any atom is -0.377 e. The molecule has 114 valence electrons. The number of hydrogen-bond acceptors (Lipinski definition) is 5. The molecule has 1 aromatic rings. The number of aryl methyl sites for hydroxylation is 1. The molecule has 1 aliphatic carbocycles. The highest BCUT2D eigenvalue weighted by molar-refractivity contribution is 9.10. The van der Waals surface area contributed by atoms with Crippen molar-refractivity contribution >= 4 is 27.7 Å². The molecule has 1 saturated carbocycles. The summed E-state index contributed by atoms with van der Waals surface area (Å²) in [5.74, 6) is 1.59. The molecule has 2 aliphatic rings. The van der Waals surface area contributed by atoms with Crippen LogP contribution < -0.4 is 10.2 Å². The molecule has 0 bridgehead atoms. The van der Waals surface area contributed by atoms with Gasteiger partial charge in [0.2, 0.25) is 5.91 Å². The van der Waals surface area contributed by atoms with E-state index >= 15 is 0 Å². The van der Waals surface area contributed by atoms with E-state index in [4.69, 9.17) is 4.74 Å². The van der Waals surface area contributed by atoms with Crippen LogP contribution in [0.3, 0.4) is 0 Å². The number of hydrogen-bond donors (Lipinski definition) is 1. The largest absolute Gasteiger partial charge is 0.377 e. The first-order valence-electron chi connectivity index (χ1n) is 7.35. The van der Waals surface area contributed by atoms with Crippen molar-refractivity contribution < 1.29 is 9.53 Å². The zero-order valence-corrected chi connectivity index (χ0v) is 13.6. The van der Waals surface area contributed by atoms with Crippen molar-refractivity contribution in [3.8, 4) is 0 Å². The number of rotatable bonds is 4.